The van der Waals surface area contributed by atoms with Gasteiger partial charge in [0, 0.05) is 6.61 Å². The summed E-state index contributed by atoms with van der Waals surface area (Å²) in [6, 6.07) is 0. The summed E-state index contributed by atoms with van der Waals surface area (Å²) in [7, 11) is 0. The second-order valence-electron chi connectivity index (χ2n) is 3.48. The molecular weight excluding hydrogens is 184 g/mol. The first-order chi connectivity index (χ1) is 6.72. The zero-order chi connectivity index (χ0) is 10.4. The molecule has 0 radical (unpaired) electrons. The topological polar surface area (TPSA) is 52.6 Å². The van der Waals surface area contributed by atoms with Gasteiger partial charge in [-0.2, -0.15) is 0 Å². The van der Waals surface area contributed by atoms with E-state index in [1.807, 2.05) is 0 Å². The molecule has 0 spiro atoms. The Kier molecular flexibility index (Phi) is 4.59. The molecule has 0 N–H and O–H groups in total. The van der Waals surface area contributed by atoms with E-state index in [-0.39, 0.29) is 18.8 Å². The third-order valence-electron chi connectivity index (χ3n) is 1.96. The van der Waals surface area contributed by atoms with Crippen LogP contribution in [0.3, 0.4) is 0 Å². The fourth-order valence-electron chi connectivity index (χ4n) is 1.05. The van der Waals surface area contributed by atoms with Crippen LogP contribution in [0, 0.1) is 5.92 Å². The van der Waals surface area contributed by atoms with Gasteiger partial charge in [-0.25, -0.2) is 0 Å². The molecule has 4 heteroatoms. The summed E-state index contributed by atoms with van der Waals surface area (Å²) in [5, 5.41) is 0. The van der Waals surface area contributed by atoms with E-state index in [0.29, 0.717) is 19.1 Å². The molecule has 1 saturated carbocycles. The minimum absolute atomic E-state index is 0.0370. The SMILES string of the molecule is CCOC(=O)CC(=O)COCC1CC1. The lowest BCUT2D eigenvalue weighted by Crippen LogP contribution is -2.16. The van der Waals surface area contributed by atoms with E-state index >= 15 is 0 Å². The predicted octanol–water partition coefficient (Wildman–Crippen LogP) is 0.935. The van der Waals surface area contributed by atoms with E-state index in [1.165, 1.54) is 12.8 Å². The molecule has 0 amide bonds. The van der Waals surface area contributed by atoms with Crippen molar-refractivity contribution in [3.05, 3.63) is 0 Å². The Morgan fingerprint density at radius 3 is 2.64 bits per heavy atom. The van der Waals surface area contributed by atoms with Gasteiger partial charge in [-0.05, 0) is 25.7 Å². The number of carbonyl (C=O) groups is 2. The lowest BCUT2D eigenvalue weighted by atomic mass is 10.3. The second-order valence-corrected chi connectivity index (χ2v) is 3.48. The number of hydrogen-bond acceptors (Lipinski definition) is 4. The Hall–Kier alpha value is -0.900. The maximum Gasteiger partial charge on any atom is 0.313 e. The van der Waals surface area contributed by atoms with Crippen LogP contribution in [0.15, 0.2) is 0 Å². The van der Waals surface area contributed by atoms with E-state index in [1.54, 1.807) is 6.92 Å². The van der Waals surface area contributed by atoms with Crippen LogP contribution in [0.1, 0.15) is 26.2 Å². The monoisotopic (exact) mass is 200 g/mol. The van der Waals surface area contributed by atoms with Crippen molar-refractivity contribution in [2.75, 3.05) is 19.8 Å². The molecule has 0 atom stereocenters. The number of ketones is 1. The summed E-state index contributed by atoms with van der Waals surface area (Å²) < 4.78 is 9.78. The molecular formula is C10H16O4. The molecule has 4 nitrogen and oxygen atoms in total. The molecule has 1 aliphatic rings. The van der Waals surface area contributed by atoms with Gasteiger partial charge in [-0.1, -0.05) is 0 Å². The zero-order valence-corrected chi connectivity index (χ0v) is 8.45. The van der Waals surface area contributed by atoms with E-state index in [4.69, 9.17) is 4.74 Å². The summed E-state index contributed by atoms with van der Waals surface area (Å²) >= 11 is 0. The van der Waals surface area contributed by atoms with Crippen molar-refractivity contribution in [3.8, 4) is 0 Å². The van der Waals surface area contributed by atoms with Crippen molar-refractivity contribution >= 4 is 11.8 Å². The quantitative estimate of drug-likeness (QED) is 0.453. The van der Waals surface area contributed by atoms with Crippen molar-refractivity contribution in [1.82, 2.24) is 0 Å². The minimum atomic E-state index is -0.465. The Morgan fingerprint density at radius 1 is 1.36 bits per heavy atom. The maximum atomic E-state index is 11.1. The summed E-state index contributed by atoms with van der Waals surface area (Å²) in [5.74, 6) is -0.0259. The van der Waals surface area contributed by atoms with Gasteiger partial charge in [0.1, 0.15) is 13.0 Å². The molecule has 0 aliphatic heterocycles. The molecule has 0 bridgehead atoms. The first-order valence-corrected chi connectivity index (χ1v) is 4.97. The smallest absolute Gasteiger partial charge is 0.313 e. The highest BCUT2D eigenvalue weighted by atomic mass is 16.5. The normalized spacial score (nSPS) is 15.2. The minimum Gasteiger partial charge on any atom is -0.466 e. The Labute approximate surface area is 83.6 Å². The van der Waals surface area contributed by atoms with Gasteiger partial charge in [-0.3, -0.25) is 9.59 Å². The highest BCUT2D eigenvalue weighted by molar-refractivity contribution is 5.96. The van der Waals surface area contributed by atoms with Crippen molar-refractivity contribution in [1.29, 1.82) is 0 Å². The van der Waals surface area contributed by atoms with Gasteiger partial charge >= 0.3 is 5.97 Å². The lowest BCUT2D eigenvalue weighted by molar-refractivity contribution is -0.146. The largest absolute Gasteiger partial charge is 0.466 e. The van der Waals surface area contributed by atoms with Gasteiger partial charge in [0.25, 0.3) is 0 Å². The number of carbonyl (C=O) groups excluding carboxylic acids is 2. The first-order valence-electron chi connectivity index (χ1n) is 4.97. The molecule has 0 aromatic rings. The maximum absolute atomic E-state index is 11.1. The molecule has 1 fully saturated rings. The number of ether oxygens (including phenoxy) is 2. The number of esters is 1. The predicted molar refractivity (Wildman–Crippen MR) is 49.8 cm³/mol. The van der Waals surface area contributed by atoms with Crippen LogP contribution in [-0.2, 0) is 19.1 Å². The van der Waals surface area contributed by atoms with Crippen LogP contribution in [0.5, 0.6) is 0 Å². The molecule has 0 unspecified atom stereocenters. The van der Waals surface area contributed by atoms with Gasteiger partial charge in [0.15, 0.2) is 5.78 Å². The van der Waals surface area contributed by atoms with Crippen LogP contribution >= 0.6 is 0 Å². The Bertz CT molecular complexity index is 208. The van der Waals surface area contributed by atoms with Gasteiger partial charge in [0.05, 0.1) is 6.61 Å². The summed E-state index contributed by atoms with van der Waals surface area (Å²) in [4.78, 5) is 22.0. The van der Waals surface area contributed by atoms with Gasteiger partial charge < -0.3 is 9.47 Å². The second kappa shape index (κ2) is 5.75. The summed E-state index contributed by atoms with van der Waals surface area (Å²) in [6.07, 6.45) is 2.23. The molecule has 0 aromatic carbocycles. The number of hydrogen-bond donors (Lipinski definition) is 0. The van der Waals surface area contributed by atoms with E-state index in [2.05, 4.69) is 4.74 Å². The van der Waals surface area contributed by atoms with Crippen LogP contribution < -0.4 is 0 Å². The summed E-state index contributed by atoms with van der Waals surface area (Å²) in [5.41, 5.74) is 0. The Balaban J connectivity index is 1.99. The molecule has 1 aliphatic carbocycles. The van der Waals surface area contributed by atoms with Gasteiger partial charge in [0.2, 0.25) is 0 Å². The van der Waals surface area contributed by atoms with Crippen LogP contribution in [0.2, 0.25) is 0 Å². The fourth-order valence-corrected chi connectivity index (χ4v) is 1.05. The third-order valence-corrected chi connectivity index (χ3v) is 1.96. The molecule has 14 heavy (non-hydrogen) atoms. The van der Waals surface area contributed by atoms with E-state index < -0.39 is 5.97 Å². The average Bonchev–Trinajstić information content (AvgIpc) is 2.88. The van der Waals surface area contributed by atoms with Crippen molar-refractivity contribution < 1.29 is 19.1 Å². The van der Waals surface area contributed by atoms with Crippen LogP contribution in [-0.4, -0.2) is 31.6 Å². The molecule has 0 saturated heterocycles. The zero-order valence-electron chi connectivity index (χ0n) is 8.45. The van der Waals surface area contributed by atoms with Crippen molar-refractivity contribution in [3.63, 3.8) is 0 Å². The van der Waals surface area contributed by atoms with Crippen LogP contribution in [0.25, 0.3) is 0 Å². The number of Topliss-reactive ketones (excluding diaryl/α,β-unsaturated/α-hetero) is 1. The first kappa shape index (κ1) is 11.2. The van der Waals surface area contributed by atoms with Crippen LogP contribution in [0.4, 0.5) is 0 Å². The highest BCUT2D eigenvalue weighted by Gasteiger charge is 2.21. The van der Waals surface area contributed by atoms with Gasteiger partial charge in [-0.15, -0.1) is 0 Å². The van der Waals surface area contributed by atoms with E-state index in [0.717, 1.165) is 0 Å². The Morgan fingerprint density at radius 2 is 2.07 bits per heavy atom. The molecule has 0 heterocycles. The van der Waals surface area contributed by atoms with Crippen molar-refractivity contribution in [2.24, 2.45) is 5.92 Å². The lowest BCUT2D eigenvalue weighted by Gasteiger charge is -2.02. The summed E-state index contributed by atoms with van der Waals surface area (Å²) in [6.45, 7) is 2.71. The average molecular weight is 200 g/mol. The third kappa shape index (κ3) is 4.97. The highest BCUT2D eigenvalue weighted by Crippen LogP contribution is 2.28. The molecule has 80 valence electrons. The molecule has 1 rings (SSSR count). The number of rotatable bonds is 7. The van der Waals surface area contributed by atoms with Crippen molar-refractivity contribution in [2.45, 2.75) is 26.2 Å². The molecule has 0 aromatic heterocycles. The standard InChI is InChI=1S/C10H16O4/c1-2-14-10(12)5-9(11)7-13-6-8-3-4-8/h8H,2-7H2,1H3. The fraction of sp³-hybridized carbons (Fsp3) is 0.800. The van der Waals surface area contributed by atoms with E-state index in [9.17, 15) is 9.59 Å².